The minimum atomic E-state index is -4.89. The summed E-state index contributed by atoms with van der Waals surface area (Å²) in [6.45, 7) is 1.65. The Morgan fingerprint density at radius 3 is 2.21 bits per heavy atom. The fourth-order valence-electron chi connectivity index (χ4n) is 3.31. The van der Waals surface area contributed by atoms with Crippen LogP contribution in [0.15, 0.2) is 66.7 Å². The van der Waals surface area contributed by atoms with Gasteiger partial charge in [0.25, 0.3) is 0 Å². The molecule has 11 heteroatoms. The standard InChI is InChI=1S/C27H22F4O7/c1-2-3-12-22(27(29,30)31)38-26(35)23-19(28)10-7-11-20(23)36-25(34)18-14-13-17(32)15-21(18)37-24(33)16-8-5-4-6-9-16/h4-11,13-15,22,32H,2-3,12H2,1H3/t22-/m1/s1. The van der Waals surface area contributed by atoms with Gasteiger partial charge in [-0.15, -0.1) is 0 Å². The van der Waals surface area contributed by atoms with Crippen molar-refractivity contribution in [2.75, 3.05) is 0 Å². The highest BCUT2D eigenvalue weighted by atomic mass is 19.4. The molecule has 1 N–H and O–H groups in total. The van der Waals surface area contributed by atoms with Crippen LogP contribution in [0.4, 0.5) is 17.6 Å². The molecule has 0 bridgehead atoms. The molecule has 0 amide bonds. The highest BCUT2D eigenvalue weighted by Crippen LogP contribution is 2.32. The zero-order valence-electron chi connectivity index (χ0n) is 20.0. The van der Waals surface area contributed by atoms with E-state index in [1.54, 1.807) is 25.1 Å². The maximum Gasteiger partial charge on any atom is 0.425 e. The van der Waals surface area contributed by atoms with E-state index in [2.05, 4.69) is 4.74 Å². The van der Waals surface area contributed by atoms with Gasteiger partial charge in [0, 0.05) is 6.07 Å². The van der Waals surface area contributed by atoms with Gasteiger partial charge in [-0.05, 0) is 49.2 Å². The van der Waals surface area contributed by atoms with Crippen LogP contribution in [0.5, 0.6) is 17.2 Å². The van der Waals surface area contributed by atoms with E-state index in [4.69, 9.17) is 9.47 Å². The molecular formula is C27H22F4O7. The van der Waals surface area contributed by atoms with Crippen LogP contribution < -0.4 is 9.47 Å². The zero-order valence-corrected chi connectivity index (χ0v) is 20.0. The number of hydrogen-bond donors (Lipinski definition) is 1. The number of aromatic hydroxyl groups is 1. The van der Waals surface area contributed by atoms with Gasteiger partial charge in [-0.2, -0.15) is 13.2 Å². The average molecular weight is 534 g/mol. The van der Waals surface area contributed by atoms with Crippen molar-refractivity contribution >= 4 is 17.9 Å². The van der Waals surface area contributed by atoms with Gasteiger partial charge >= 0.3 is 24.1 Å². The first kappa shape index (κ1) is 28.2. The minimum absolute atomic E-state index is 0.0991. The predicted molar refractivity (Wildman–Crippen MR) is 126 cm³/mol. The summed E-state index contributed by atoms with van der Waals surface area (Å²) in [6, 6.07) is 13.6. The number of esters is 3. The van der Waals surface area contributed by atoms with Gasteiger partial charge in [0.2, 0.25) is 0 Å². The molecule has 0 saturated carbocycles. The molecule has 0 aliphatic rings. The number of hydrogen-bond acceptors (Lipinski definition) is 7. The Hall–Kier alpha value is -4.41. The summed E-state index contributed by atoms with van der Waals surface area (Å²) in [6.07, 6.45) is -7.41. The van der Waals surface area contributed by atoms with E-state index in [0.29, 0.717) is 6.42 Å². The molecule has 0 aliphatic carbocycles. The second-order valence-electron chi connectivity index (χ2n) is 8.02. The van der Waals surface area contributed by atoms with Crippen molar-refractivity contribution < 1.29 is 51.3 Å². The van der Waals surface area contributed by atoms with Crippen molar-refractivity contribution in [2.24, 2.45) is 0 Å². The largest absolute Gasteiger partial charge is 0.508 e. The van der Waals surface area contributed by atoms with Crippen LogP contribution in [0.2, 0.25) is 0 Å². The Kier molecular flexibility index (Phi) is 9.06. The van der Waals surface area contributed by atoms with Gasteiger partial charge in [-0.25, -0.2) is 18.8 Å². The van der Waals surface area contributed by atoms with Crippen molar-refractivity contribution in [1.82, 2.24) is 0 Å². The Balaban J connectivity index is 1.88. The van der Waals surface area contributed by atoms with E-state index < -0.39 is 65.1 Å². The van der Waals surface area contributed by atoms with E-state index >= 15 is 0 Å². The summed E-state index contributed by atoms with van der Waals surface area (Å²) in [5, 5.41) is 9.81. The van der Waals surface area contributed by atoms with Crippen molar-refractivity contribution in [1.29, 1.82) is 0 Å². The first-order valence-electron chi connectivity index (χ1n) is 11.4. The van der Waals surface area contributed by atoms with Crippen LogP contribution in [0.3, 0.4) is 0 Å². The van der Waals surface area contributed by atoms with Crippen molar-refractivity contribution in [3.05, 3.63) is 89.2 Å². The molecule has 0 heterocycles. The SMILES string of the molecule is CCCC[C@@H](OC(=O)c1c(F)cccc1OC(=O)c1ccc(O)cc1OC(=O)c1ccccc1)C(F)(F)F. The first-order chi connectivity index (χ1) is 18.0. The van der Waals surface area contributed by atoms with Crippen molar-refractivity contribution in [2.45, 2.75) is 38.5 Å². The van der Waals surface area contributed by atoms with Crippen molar-refractivity contribution in [3.8, 4) is 17.2 Å². The number of halogens is 4. The molecule has 3 aromatic rings. The molecule has 0 aliphatic heterocycles. The number of rotatable bonds is 9. The Labute approximate surface area is 214 Å². The monoisotopic (exact) mass is 534 g/mol. The molecule has 3 aromatic carbocycles. The lowest BCUT2D eigenvalue weighted by Crippen LogP contribution is -2.34. The lowest BCUT2D eigenvalue weighted by Gasteiger charge is -2.21. The third-order valence-electron chi connectivity index (χ3n) is 5.21. The van der Waals surface area contributed by atoms with Crippen LogP contribution >= 0.6 is 0 Å². The summed E-state index contributed by atoms with van der Waals surface area (Å²) in [4.78, 5) is 38.0. The molecule has 38 heavy (non-hydrogen) atoms. The Morgan fingerprint density at radius 2 is 1.55 bits per heavy atom. The van der Waals surface area contributed by atoms with Crippen molar-refractivity contribution in [3.63, 3.8) is 0 Å². The summed E-state index contributed by atoms with van der Waals surface area (Å²) in [7, 11) is 0. The smallest absolute Gasteiger partial charge is 0.425 e. The third kappa shape index (κ3) is 7.09. The first-order valence-corrected chi connectivity index (χ1v) is 11.4. The number of alkyl halides is 3. The van der Waals surface area contributed by atoms with E-state index in [9.17, 15) is 37.1 Å². The van der Waals surface area contributed by atoms with E-state index in [1.807, 2.05) is 0 Å². The molecule has 200 valence electrons. The van der Waals surface area contributed by atoms with Crippen LogP contribution in [0.25, 0.3) is 0 Å². The number of carbonyl (C=O) groups excluding carboxylic acids is 3. The van der Waals surface area contributed by atoms with Crippen LogP contribution in [0, 0.1) is 5.82 Å². The molecule has 1 atom stereocenters. The van der Waals surface area contributed by atoms with Crippen LogP contribution in [-0.4, -0.2) is 35.3 Å². The fraction of sp³-hybridized carbons (Fsp3) is 0.222. The van der Waals surface area contributed by atoms with Gasteiger partial charge in [0.05, 0.1) is 5.56 Å². The van der Waals surface area contributed by atoms with E-state index in [-0.39, 0.29) is 17.7 Å². The molecular weight excluding hydrogens is 512 g/mol. The predicted octanol–water partition coefficient (Wildman–Crippen LogP) is 6.25. The highest BCUT2D eigenvalue weighted by molar-refractivity contribution is 5.99. The summed E-state index contributed by atoms with van der Waals surface area (Å²) < 4.78 is 69.5. The number of phenols is 1. The normalized spacial score (nSPS) is 11.9. The number of ether oxygens (including phenoxy) is 3. The number of phenolic OH excluding ortho intramolecular Hbond substituents is 1. The maximum atomic E-state index is 14.6. The van der Waals surface area contributed by atoms with Gasteiger partial charge in [0.1, 0.15) is 34.2 Å². The highest BCUT2D eigenvalue weighted by Gasteiger charge is 2.43. The minimum Gasteiger partial charge on any atom is -0.508 e. The molecule has 0 spiro atoms. The second-order valence-corrected chi connectivity index (χ2v) is 8.02. The summed E-state index contributed by atoms with van der Waals surface area (Å²) >= 11 is 0. The third-order valence-corrected chi connectivity index (χ3v) is 5.21. The Morgan fingerprint density at radius 1 is 0.868 bits per heavy atom. The number of unbranched alkanes of at least 4 members (excludes halogenated alkanes) is 1. The number of benzene rings is 3. The maximum absolute atomic E-state index is 14.6. The van der Waals surface area contributed by atoms with E-state index in [1.165, 1.54) is 12.1 Å². The summed E-state index contributed by atoms with van der Waals surface area (Å²) in [5.41, 5.74) is -1.28. The lowest BCUT2D eigenvalue weighted by atomic mass is 10.1. The fourth-order valence-corrected chi connectivity index (χ4v) is 3.31. The molecule has 0 saturated heterocycles. The van der Waals surface area contributed by atoms with Crippen LogP contribution in [-0.2, 0) is 4.74 Å². The van der Waals surface area contributed by atoms with E-state index in [0.717, 1.165) is 36.4 Å². The van der Waals surface area contributed by atoms with Gasteiger partial charge < -0.3 is 19.3 Å². The number of carbonyl (C=O) groups is 3. The quantitative estimate of drug-likeness (QED) is 0.197. The topological polar surface area (TPSA) is 99.1 Å². The van der Waals surface area contributed by atoms with Crippen LogP contribution in [0.1, 0.15) is 57.3 Å². The zero-order chi connectivity index (χ0) is 27.9. The molecule has 0 radical (unpaired) electrons. The molecule has 7 nitrogen and oxygen atoms in total. The molecule has 0 aromatic heterocycles. The summed E-state index contributed by atoms with van der Waals surface area (Å²) in [5.74, 6) is -6.57. The Bertz CT molecular complexity index is 1310. The lowest BCUT2D eigenvalue weighted by molar-refractivity contribution is -0.206. The molecule has 0 fully saturated rings. The average Bonchev–Trinajstić information content (AvgIpc) is 2.86. The van der Waals surface area contributed by atoms with Gasteiger partial charge in [-0.3, -0.25) is 0 Å². The molecule has 0 unspecified atom stereocenters. The second kappa shape index (κ2) is 12.2. The van der Waals surface area contributed by atoms with Gasteiger partial charge in [-0.1, -0.05) is 37.6 Å². The molecule has 3 rings (SSSR count). The van der Waals surface area contributed by atoms with Gasteiger partial charge in [0.15, 0.2) is 6.10 Å².